The molecule has 0 saturated carbocycles. The fraction of sp³-hybridized carbons (Fsp3) is 0.308. The predicted molar refractivity (Wildman–Crippen MR) is 127 cm³/mol. The predicted octanol–water partition coefficient (Wildman–Crippen LogP) is 5.77. The Balaban J connectivity index is 1.48. The monoisotopic (exact) mass is 467 g/mol. The fourth-order valence-electron chi connectivity index (χ4n) is 4.38. The summed E-state index contributed by atoms with van der Waals surface area (Å²) in [6, 6.07) is 14.7. The van der Waals surface area contributed by atoms with Crippen molar-refractivity contribution in [2.45, 2.75) is 31.8 Å². The highest BCUT2D eigenvalue weighted by Crippen LogP contribution is 2.36. The van der Waals surface area contributed by atoms with E-state index in [1.165, 1.54) is 18.2 Å². The average molecular weight is 468 g/mol. The van der Waals surface area contributed by atoms with Crippen molar-refractivity contribution in [2.75, 3.05) is 30.9 Å². The van der Waals surface area contributed by atoms with Crippen molar-refractivity contribution in [2.24, 2.45) is 0 Å². The zero-order valence-electron chi connectivity index (χ0n) is 19.1. The average Bonchev–Trinajstić information content (AvgIpc) is 2.86. The maximum atomic E-state index is 12.4. The summed E-state index contributed by atoms with van der Waals surface area (Å²) in [6.45, 7) is -2.15. The van der Waals surface area contributed by atoms with Crippen LogP contribution in [0, 0.1) is 0 Å². The number of carbonyl (C=O) groups excluding carboxylic acids is 1. The summed E-state index contributed by atoms with van der Waals surface area (Å²) in [4.78, 5) is 18.2. The SMILES string of the molecule is COC(=O)c1ccncc1NC[C@@H]1CCCc2cc(N(C)c3ccc(OC(F)F)cc3)ccc21. The van der Waals surface area contributed by atoms with Gasteiger partial charge >= 0.3 is 12.6 Å². The molecule has 0 saturated heterocycles. The summed E-state index contributed by atoms with van der Waals surface area (Å²) < 4.78 is 34.1. The third kappa shape index (κ3) is 5.27. The summed E-state index contributed by atoms with van der Waals surface area (Å²) >= 11 is 0. The number of esters is 1. The highest BCUT2D eigenvalue weighted by atomic mass is 19.3. The molecule has 0 spiro atoms. The van der Waals surface area contributed by atoms with Crippen LogP contribution in [-0.4, -0.2) is 38.3 Å². The van der Waals surface area contributed by atoms with Crippen molar-refractivity contribution < 1.29 is 23.0 Å². The zero-order valence-corrected chi connectivity index (χ0v) is 19.1. The normalized spacial score (nSPS) is 14.9. The number of ether oxygens (including phenoxy) is 2. The van der Waals surface area contributed by atoms with Crippen molar-refractivity contribution in [3.8, 4) is 5.75 Å². The summed E-state index contributed by atoms with van der Waals surface area (Å²) in [5.74, 6) is 0.0481. The van der Waals surface area contributed by atoms with Crippen LogP contribution in [0.1, 0.15) is 40.2 Å². The highest BCUT2D eigenvalue weighted by Gasteiger charge is 2.22. The Hall–Kier alpha value is -3.68. The van der Waals surface area contributed by atoms with Crippen molar-refractivity contribution in [1.82, 2.24) is 4.98 Å². The lowest BCUT2D eigenvalue weighted by Crippen LogP contribution is -2.20. The number of rotatable bonds is 8. The number of methoxy groups -OCH3 is 1. The Labute approximate surface area is 197 Å². The molecule has 1 aliphatic rings. The molecule has 1 heterocycles. The Morgan fingerprint density at radius 2 is 1.94 bits per heavy atom. The number of anilines is 3. The Bertz CT molecular complexity index is 1140. The van der Waals surface area contributed by atoms with Crippen LogP contribution >= 0.6 is 0 Å². The van der Waals surface area contributed by atoms with Crippen LogP contribution in [0.2, 0.25) is 0 Å². The van der Waals surface area contributed by atoms with Crippen LogP contribution in [-0.2, 0) is 11.2 Å². The standard InChI is InChI=1S/C26H27F2N3O3/c1-31(19-6-9-21(10-7-19)34-26(27)28)20-8-11-22-17(14-20)4-3-5-18(22)15-30-24-16-29-13-12-23(24)25(32)33-2/h6-14,16,18,26,30H,3-5,15H2,1-2H3/t18-/m0/s1. The molecule has 0 radical (unpaired) electrons. The van der Waals surface area contributed by atoms with Gasteiger partial charge in [0, 0.05) is 37.1 Å². The molecule has 178 valence electrons. The quantitative estimate of drug-likeness (QED) is 0.425. The Morgan fingerprint density at radius 3 is 2.68 bits per heavy atom. The Kier molecular flexibility index (Phi) is 7.25. The summed E-state index contributed by atoms with van der Waals surface area (Å²) in [7, 11) is 3.31. The Morgan fingerprint density at radius 1 is 1.18 bits per heavy atom. The van der Waals surface area contributed by atoms with Crippen LogP contribution in [0.15, 0.2) is 60.9 Å². The molecular weight excluding hydrogens is 440 g/mol. The van der Waals surface area contributed by atoms with Gasteiger partial charge in [-0.1, -0.05) is 6.07 Å². The third-order valence-electron chi connectivity index (χ3n) is 6.17. The minimum atomic E-state index is -2.84. The molecule has 3 aromatic rings. The van der Waals surface area contributed by atoms with E-state index in [1.807, 2.05) is 11.9 Å². The molecule has 0 bridgehead atoms. The first-order chi connectivity index (χ1) is 16.5. The molecule has 8 heteroatoms. The number of benzene rings is 2. The third-order valence-corrected chi connectivity index (χ3v) is 6.17. The lowest BCUT2D eigenvalue weighted by molar-refractivity contribution is -0.0498. The molecule has 34 heavy (non-hydrogen) atoms. The number of alkyl halides is 2. The van der Waals surface area contributed by atoms with Crippen LogP contribution in [0.5, 0.6) is 5.75 Å². The van der Waals surface area contributed by atoms with Gasteiger partial charge < -0.3 is 19.7 Å². The van der Waals surface area contributed by atoms with Crippen LogP contribution < -0.4 is 15.0 Å². The van der Waals surface area contributed by atoms with Crippen molar-refractivity contribution in [3.63, 3.8) is 0 Å². The van der Waals surface area contributed by atoms with E-state index < -0.39 is 12.6 Å². The largest absolute Gasteiger partial charge is 0.465 e. The van der Waals surface area contributed by atoms with Gasteiger partial charge in [-0.15, -0.1) is 0 Å². The maximum Gasteiger partial charge on any atom is 0.387 e. The molecule has 0 aliphatic heterocycles. The van der Waals surface area contributed by atoms with Crippen molar-refractivity contribution in [3.05, 3.63) is 77.6 Å². The van der Waals surface area contributed by atoms with E-state index in [9.17, 15) is 13.6 Å². The second kappa shape index (κ2) is 10.5. The van der Waals surface area contributed by atoms with Gasteiger partial charge in [0.05, 0.1) is 24.6 Å². The topological polar surface area (TPSA) is 63.7 Å². The maximum absolute atomic E-state index is 12.4. The number of nitrogens with zero attached hydrogens (tertiary/aromatic N) is 2. The molecule has 0 fully saturated rings. The second-order valence-electron chi connectivity index (χ2n) is 8.20. The first-order valence-electron chi connectivity index (χ1n) is 11.1. The fourth-order valence-corrected chi connectivity index (χ4v) is 4.38. The smallest absolute Gasteiger partial charge is 0.387 e. The molecule has 0 unspecified atom stereocenters. The van der Waals surface area contributed by atoms with Gasteiger partial charge in [-0.2, -0.15) is 8.78 Å². The van der Waals surface area contributed by atoms with E-state index in [4.69, 9.17) is 4.74 Å². The molecule has 4 rings (SSSR count). The van der Waals surface area contributed by atoms with Gasteiger partial charge in [-0.3, -0.25) is 4.98 Å². The van der Waals surface area contributed by atoms with Gasteiger partial charge in [0.25, 0.3) is 0 Å². The number of halogens is 2. The molecular formula is C26H27F2N3O3. The minimum Gasteiger partial charge on any atom is -0.465 e. The minimum absolute atomic E-state index is 0.136. The first kappa shape index (κ1) is 23.5. The summed E-state index contributed by atoms with van der Waals surface area (Å²) in [5, 5.41) is 3.38. The van der Waals surface area contributed by atoms with Crippen LogP contribution in [0.25, 0.3) is 0 Å². The molecule has 1 aromatic heterocycles. The molecule has 1 N–H and O–H groups in total. The number of carbonyl (C=O) groups is 1. The number of aromatic nitrogens is 1. The van der Waals surface area contributed by atoms with Gasteiger partial charge in [0.2, 0.25) is 0 Å². The number of nitrogens with one attached hydrogen (secondary N) is 1. The van der Waals surface area contributed by atoms with Gasteiger partial charge in [0.15, 0.2) is 0 Å². The van der Waals surface area contributed by atoms with Crippen LogP contribution in [0.3, 0.4) is 0 Å². The van der Waals surface area contributed by atoms with Crippen molar-refractivity contribution in [1.29, 1.82) is 0 Å². The highest BCUT2D eigenvalue weighted by molar-refractivity contribution is 5.95. The van der Waals surface area contributed by atoms with E-state index in [0.29, 0.717) is 23.7 Å². The molecule has 2 aromatic carbocycles. The van der Waals surface area contributed by atoms with E-state index >= 15 is 0 Å². The zero-order chi connectivity index (χ0) is 24.1. The van der Waals surface area contributed by atoms with E-state index in [-0.39, 0.29) is 5.75 Å². The molecule has 6 nitrogen and oxygen atoms in total. The van der Waals surface area contributed by atoms with Gasteiger partial charge in [-0.05, 0) is 72.9 Å². The lowest BCUT2D eigenvalue weighted by Gasteiger charge is -2.28. The number of hydrogen-bond donors (Lipinski definition) is 1. The van der Waals surface area contributed by atoms with E-state index in [1.54, 1.807) is 42.7 Å². The summed E-state index contributed by atoms with van der Waals surface area (Å²) in [6.07, 6.45) is 6.34. The number of aryl methyl sites for hydroxylation is 1. The molecule has 1 atom stereocenters. The number of hydrogen-bond acceptors (Lipinski definition) is 6. The summed E-state index contributed by atoms with van der Waals surface area (Å²) in [5.41, 5.74) is 5.62. The number of fused-ring (bicyclic) bond motifs is 1. The van der Waals surface area contributed by atoms with Crippen LogP contribution in [0.4, 0.5) is 25.8 Å². The van der Waals surface area contributed by atoms with E-state index in [2.05, 4.69) is 33.2 Å². The second-order valence-corrected chi connectivity index (χ2v) is 8.20. The van der Waals surface area contributed by atoms with Gasteiger partial charge in [-0.25, -0.2) is 4.79 Å². The van der Waals surface area contributed by atoms with Gasteiger partial charge in [0.1, 0.15) is 5.75 Å². The first-order valence-corrected chi connectivity index (χ1v) is 11.1. The van der Waals surface area contributed by atoms with Crippen molar-refractivity contribution >= 4 is 23.0 Å². The molecule has 0 amide bonds. The number of pyridine rings is 1. The molecule has 1 aliphatic carbocycles. The lowest BCUT2D eigenvalue weighted by atomic mass is 9.82. The van der Waals surface area contributed by atoms with E-state index in [0.717, 1.165) is 30.6 Å².